The summed E-state index contributed by atoms with van der Waals surface area (Å²) < 4.78 is 4.94. The fourth-order valence-corrected chi connectivity index (χ4v) is 1.75. The van der Waals surface area contributed by atoms with Gasteiger partial charge in [-0.15, -0.1) is 0 Å². The van der Waals surface area contributed by atoms with Crippen molar-refractivity contribution in [2.75, 3.05) is 37.9 Å². The van der Waals surface area contributed by atoms with Crippen LogP contribution in [0.5, 0.6) is 0 Å². The topological polar surface area (TPSA) is 107 Å². The number of hydrogen-bond donors (Lipinski definition) is 4. The largest absolute Gasteiger partial charge is 0.465 e. The van der Waals surface area contributed by atoms with Crippen molar-refractivity contribution in [2.24, 2.45) is 5.41 Å². The van der Waals surface area contributed by atoms with E-state index in [9.17, 15) is 4.79 Å². The number of aliphatic hydroxyl groups excluding tert-OH is 4. The van der Waals surface area contributed by atoms with Gasteiger partial charge >= 0.3 is 5.97 Å². The number of ether oxygens (including phenoxy) is 1. The summed E-state index contributed by atoms with van der Waals surface area (Å²) in [4.78, 5) is 11.3. The zero-order chi connectivity index (χ0) is 14.0. The summed E-state index contributed by atoms with van der Waals surface area (Å²) in [6.07, 6.45) is -0.575. The van der Waals surface area contributed by atoms with Crippen molar-refractivity contribution in [3.05, 3.63) is 0 Å². The lowest BCUT2D eigenvalue weighted by Gasteiger charge is -2.23. The van der Waals surface area contributed by atoms with Gasteiger partial charge in [-0.25, -0.2) is 0 Å². The first-order valence-corrected chi connectivity index (χ1v) is 6.87. The highest BCUT2D eigenvalue weighted by Crippen LogP contribution is 2.15. The minimum atomic E-state index is -0.810. The van der Waals surface area contributed by atoms with Crippen LogP contribution in [0, 0.1) is 5.41 Å². The molecule has 4 N–H and O–H groups in total. The van der Waals surface area contributed by atoms with Crippen molar-refractivity contribution in [1.29, 1.82) is 0 Å². The summed E-state index contributed by atoms with van der Waals surface area (Å²) >= 11 is 1.35. The standard InChI is InChI=1S/C11H22O6S/c1-11(6-13,7-14)8-17-10(16)2-3-18-5-9(15)4-12/h9,12-15H,2-8H2,1H3/t9-/m0/s1. The molecule has 0 radical (unpaired) electrons. The number of aliphatic hydroxyl groups is 4. The highest BCUT2D eigenvalue weighted by atomic mass is 32.2. The lowest BCUT2D eigenvalue weighted by Crippen LogP contribution is -2.32. The maximum atomic E-state index is 11.3. The number of carbonyl (C=O) groups excluding carboxylic acids is 1. The predicted octanol–water partition coefficient (Wildman–Crippen LogP) is -1.00. The number of hydrogen-bond acceptors (Lipinski definition) is 7. The molecule has 7 heteroatoms. The van der Waals surface area contributed by atoms with E-state index in [2.05, 4.69) is 0 Å². The molecule has 0 amide bonds. The van der Waals surface area contributed by atoms with Crippen LogP contribution in [0.25, 0.3) is 0 Å². The Morgan fingerprint density at radius 1 is 1.33 bits per heavy atom. The third-order valence-electron chi connectivity index (χ3n) is 2.32. The van der Waals surface area contributed by atoms with E-state index in [1.807, 2.05) is 0 Å². The van der Waals surface area contributed by atoms with E-state index < -0.39 is 17.5 Å². The SMILES string of the molecule is CC(CO)(CO)COC(=O)CCSC[C@@H](O)CO. The first-order chi connectivity index (χ1) is 8.47. The molecule has 0 aliphatic carbocycles. The van der Waals surface area contributed by atoms with Gasteiger partial charge in [-0.05, 0) is 0 Å². The number of rotatable bonds is 10. The molecule has 0 unspecified atom stereocenters. The van der Waals surface area contributed by atoms with Gasteiger partial charge < -0.3 is 25.2 Å². The molecule has 18 heavy (non-hydrogen) atoms. The maximum absolute atomic E-state index is 11.3. The van der Waals surface area contributed by atoms with E-state index in [4.69, 9.17) is 25.2 Å². The molecule has 0 bridgehead atoms. The second-order valence-corrected chi connectivity index (χ2v) is 5.60. The lowest BCUT2D eigenvalue weighted by molar-refractivity contribution is -0.148. The summed E-state index contributed by atoms with van der Waals surface area (Å²) in [5.74, 6) is 0.453. The third-order valence-corrected chi connectivity index (χ3v) is 3.43. The fourth-order valence-electron chi connectivity index (χ4n) is 0.896. The van der Waals surface area contributed by atoms with Crippen LogP contribution < -0.4 is 0 Å². The van der Waals surface area contributed by atoms with Crippen molar-refractivity contribution in [3.63, 3.8) is 0 Å². The molecule has 1 atom stereocenters. The van der Waals surface area contributed by atoms with E-state index in [0.29, 0.717) is 11.5 Å². The number of thioether (sulfide) groups is 1. The van der Waals surface area contributed by atoms with Crippen LogP contribution in [-0.4, -0.2) is 70.4 Å². The Morgan fingerprint density at radius 3 is 2.44 bits per heavy atom. The van der Waals surface area contributed by atoms with Gasteiger partial charge in [-0.3, -0.25) is 4.79 Å². The molecular formula is C11H22O6S. The third kappa shape index (κ3) is 7.88. The van der Waals surface area contributed by atoms with Crippen LogP contribution in [0.3, 0.4) is 0 Å². The molecule has 0 aromatic heterocycles. The monoisotopic (exact) mass is 282 g/mol. The molecule has 0 aromatic rings. The molecule has 0 spiro atoms. The molecule has 6 nitrogen and oxygen atoms in total. The Labute approximate surface area is 111 Å². The Balaban J connectivity index is 3.66. The summed E-state index contributed by atoms with van der Waals surface area (Å²) in [7, 11) is 0. The molecule has 108 valence electrons. The van der Waals surface area contributed by atoms with Gasteiger partial charge in [0.15, 0.2) is 0 Å². The normalized spacial score (nSPS) is 13.4. The van der Waals surface area contributed by atoms with E-state index in [-0.39, 0.29) is 32.8 Å². The number of esters is 1. The number of carbonyl (C=O) groups is 1. The van der Waals surface area contributed by atoms with Crippen molar-refractivity contribution in [1.82, 2.24) is 0 Å². The van der Waals surface area contributed by atoms with Gasteiger partial charge in [0.25, 0.3) is 0 Å². The van der Waals surface area contributed by atoms with Crippen LogP contribution in [-0.2, 0) is 9.53 Å². The zero-order valence-corrected chi connectivity index (χ0v) is 11.4. The van der Waals surface area contributed by atoms with Crippen molar-refractivity contribution in [3.8, 4) is 0 Å². The van der Waals surface area contributed by atoms with Gasteiger partial charge in [-0.2, -0.15) is 11.8 Å². The Bertz CT molecular complexity index is 232. The molecule has 0 aliphatic rings. The average molecular weight is 282 g/mol. The fraction of sp³-hybridized carbons (Fsp3) is 0.909. The van der Waals surface area contributed by atoms with Crippen LogP contribution >= 0.6 is 11.8 Å². The van der Waals surface area contributed by atoms with Crippen LogP contribution in [0.15, 0.2) is 0 Å². The Hall–Kier alpha value is -0.340. The molecular weight excluding hydrogens is 260 g/mol. The van der Waals surface area contributed by atoms with E-state index in [1.54, 1.807) is 6.92 Å². The average Bonchev–Trinajstić information content (AvgIpc) is 2.40. The Morgan fingerprint density at radius 2 is 1.94 bits per heavy atom. The maximum Gasteiger partial charge on any atom is 0.306 e. The second kappa shape index (κ2) is 9.57. The van der Waals surface area contributed by atoms with E-state index >= 15 is 0 Å². The smallest absolute Gasteiger partial charge is 0.306 e. The molecule has 0 aliphatic heterocycles. The molecule has 0 rings (SSSR count). The zero-order valence-electron chi connectivity index (χ0n) is 10.5. The van der Waals surface area contributed by atoms with Crippen molar-refractivity contribution >= 4 is 17.7 Å². The highest BCUT2D eigenvalue weighted by molar-refractivity contribution is 7.99. The summed E-state index contributed by atoms with van der Waals surface area (Å²) in [6, 6.07) is 0. The van der Waals surface area contributed by atoms with Gasteiger partial charge in [0.2, 0.25) is 0 Å². The predicted molar refractivity (Wildman–Crippen MR) is 68.3 cm³/mol. The van der Waals surface area contributed by atoms with E-state index in [1.165, 1.54) is 11.8 Å². The van der Waals surface area contributed by atoms with Crippen LogP contribution in [0.1, 0.15) is 13.3 Å². The second-order valence-electron chi connectivity index (χ2n) is 4.45. The van der Waals surface area contributed by atoms with Gasteiger partial charge in [0, 0.05) is 16.9 Å². The molecule has 0 aromatic carbocycles. The molecule has 0 saturated carbocycles. The van der Waals surface area contributed by atoms with Gasteiger partial charge in [0.05, 0.1) is 32.3 Å². The van der Waals surface area contributed by atoms with Crippen molar-refractivity contribution in [2.45, 2.75) is 19.4 Å². The van der Waals surface area contributed by atoms with Crippen LogP contribution in [0.2, 0.25) is 0 Å². The molecule has 0 saturated heterocycles. The summed E-state index contributed by atoms with van der Waals surface area (Å²) in [5, 5.41) is 35.6. The minimum Gasteiger partial charge on any atom is -0.465 e. The lowest BCUT2D eigenvalue weighted by atomic mass is 9.95. The molecule has 0 fully saturated rings. The quantitative estimate of drug-likeness (QED) is 0.300. The van der Waals surface area contributed by atoms with E-state index in [0.717, 1.165) is 0 Å². The first-order valence-electron chi connectivity index (χ1n) is 5.71. The molecule has 0 heterocycles. The minimum absolute atomic E-state index is 0.0250. The first kappa shape index (κ1) is 17.7. The Kier molecular flexibility index (Phi) is 9.39. The summed E-state index contributed by atoms with van der Waals surface area (Å²) in [6.45, 7) is 0.792. The van der Waals surface area contributed by atoms with Gasteiger partial charge in [0.1, 0.15) is 6.61 Å². The van der Waals surface area contributed by atoms with Gasteiger partial charge in [-0.1, -0.05) is 6.92 Å². The summed E-state index contributed by atoms with van der Waals surface area (Å²) in [5.41, 5.74) is -0.810. The van der Waals surface area contributed by atoms with Crippen molar-refractivity contribution < 1.29 is 30.0 Å². The highest BCUT2D eigenvalue weighted by Gasteiger charge is 2.24. The van der Waals surface area contributed by atoms with Crippen LogP contribution in [0.4, 0.5) is 0 Å².